The number of nitrogens with one attached hydrogen (secondary N) is 1. The van der Waals surface area contributed by atoms with Crippen LogP contribution in [0, 0.1) is 0 Å². The molecule has 0 saturated carbocycles. The van der Waals surface area contributed by atoms with Crippen molar-refractivity contribution < 1.29 is 13.9 Å². The van der Waals surface area contributed by atoms with Crippen molar-refractivity contribution in [2.45, 2.75) is 0 Å². The summed E-state index contributed by atoms with van der Waals surface area (Å²) in [6, 6.07) is 16.6. The normalized spacial score (nSPS) is 11.1. The molecule has 35 heavy (non-hydrogen) atoms. The molecule has 0 aliphatic heterocycles. The minimum absolute atomic E-state index is 0.130. The molecule has 0 bridgehead atoms. The Bertz CT molecular complexity index is 1180. The van der Waals surface area contributed by atoms with E-state index in [0.29, 0.717) is 26.4 Å². The molecule has 0 atom stereocenters. The second kappa shape index (κ2) is 12.7. The Kier molecular flexibility index (Phi) is 9.19. The van der Waals surface area contributed by atoms with Gasteiger partial charge in [-0.3, -0.25) is 0 Å². The molecule has 0 amide bonds. The van der Waals surface area contributed by atoms with Crippen LogP contribution in [-0.4, -0.2) is 63.7 Å². The summed E-state index contributed by atoms with van der Waals surface area (Å²) in [4.78, 5) is 11.7. The minimum Gasteiger partial charge on any atom is -0.383 e. The average molecular weight is 513 g/mol. The highest BCUT2D eigenvalue weighted by atomic mass is 32.1. The van der Waals surface area contributed by atoms with Crippen molar-refractivity contribution >= 4 is 34.0 Å². The second-order valence-electron chi connectivity index (χ2n) is 7.93. The van der Waals surface area contributed by atoms with E-state index in [1.54, 1.807) is 22.7 Å². The van der Waals surface area contributed by atoms with E-state index in [9.17, 15) is 4.39 Å². The van der Waals surface area contributed by atoms with E-state index in [0.717, 1.165) is 38.2 Å². The van der Waals surface area contributed by atoms with Crippen LogP contribution in [0.25, 0.3) is 32.5 Å². The molecular formula is C26H29FN4O2S2. The molecule has 2 aromatic carbocycles. The van der Waals surface area contributed by atoms with E-state index >= 15 is 0 Å². The molecule has 0 aliphatic rings. The van der Waals surface area contributed by atoms with Gasteiger partial charge in [0.25, 0.3) is 0 Å². The average Bonchev–Trinajstić information content (AvgIpc) is 3.56. The van der Waals surface area contributed by atoms with Gasteiger partial charge >= 0.3 is 0 Å². The van der Waals surface area contributed by atoms with Crippen LogP contribution in [0.15, 0.2) is 59.3 Å². The van der Waals surface area contributed by atoms with Crippen LogP contribution in [-0.2, 0) is 9.47 Å². The summed E-state index contributed by atoms with van der Waals surface area (Å²) < 4.78 is 22.4. The summed E-state index contributed by atoms with van der Waals surface area (Å²) in [5, 5.41) is 9.35. The van der Waals surface area contributed by atoms with Crippen molar-refractivity contribution in [1.29, 1.82) is 0 Å². The predicted molar refractivity (Wildman–Crippen MR) is 145 cm³/mol. The van der Waals surface area contributed by atoms with E-state index in [1.807, 2.05) is 26.2 Å². The van der Waals surface area contributed by atoms with Crippen molar-refractivity contribution in [2.24, 2.45) is 0 Å². The van der Waals surface area contributed by atoms with Crippen molar-refractivity contribution in [3.05, 3.63) is 59.3 Å². The number of alkyl halides is 1. The summed E-state index contributed by atoms with van der Waals surface area (Å²) in [5.74, 6) is 0. The zero-order chi connectivity index (χ0) is 24.5. The zero-order valence-corrected chi connectivity index (χ0v) is 21.5. The number of ether oxygens (including phenoxy) is 2. The molecule has 2 aromatic heterocycles. The van der Waals surface area contributed by atoms with Crippen LogP contribution in [0.4, 0.5) is 15.8 Å². The van der Waals surface area contributed by atoms with Crippen LogP contribution in [0.5, 0.6) is 0 Å². The van der Waals surface area contributed by atoms with E-state index < -0.39 is 6.67 Å². The Morgan fingerprint density at radius 1 is 0.771 bits per heavy atom. The number of rotatable bonds is 13. The van der Waals surface area contributed by atoms with Gasteiger partial charge in [-0.15, -0.1) is 22.7 Å². The Labute approximate surface area is 213 Å². The smallest absolute Gasteiger partial charge is 0.152 e. The van der Waals surface area contributed by atoms with Gasteiger partial charge < -0.3 is 19.7 Å². The molecule has 6 nitrogen and oxygen atoms in total. The van der Waals surface area contributed by atoms with E-state index in [1.165, 1.54) is 5.69 Å². The topological polar surface area (TPSA) is 59.5 Å². The first-order valence-corrected chi connectivity index (χ1v) is 13.1. The number of aromatic nitrogens is 2. The Balaban J connectivity index is 1.30. The Morgan fingerprint density at radius 2 is 1.31 bits per heavy atom. The number of hydrogen-bond donors (Lipinski definition) is 1. The lowest BCUT2D eigenvalue weighted by atomic mass is 10.1. The highest BCUT2D eigenvalue weighted by molar-refractivity contribution is 7.20. The largest absolute Gasteiger partial charge is 0.383 e. The number of thiazole rings is 2. The lowest BCUT2D eigenvalue weighted by Gasteiger charge is -2.12. The quantitative estimate of drug-likeness (QED) is 0.219. The molecule has 0 saturated heterocycles. The maximum absolute atomic E-state index is 11.9. The Hall–Kier alpha value is -2.85. The predicted octanol–water partition coefficient (Wildman–Crippen LogP) is 6.08. The van der Waals surface area contributed by atoms with Crippen LogP contribution in [0.1, 0.15) is 0 Å². The van der Waals surface area contributed by atoms with Gasteiger partial charge in [0.2, 0.25) is 0 Å². The van der Waals surface area contributed by atoms with E-state index in [2.05, 4.69) is 57.4 Å². The monoisotopic (exact) mass is 512 g/mol. The highest BCUT2D eigenvalue weighted by Gasteiger charge is 2.12. The maximum Gasteiger partial charge on any atom is 0.152 e. The van der Waals surface area contributed by atoms with E-state index in [-0.39, 0.29) is 6.61 Å². The molecule has 4 rings (SSSR count). The first-order valence-electron chi connectivity index (χ1n) is 11.4. The molecule has 0 spiro atoms. The first kappa shape index (κ1) is 25.2. The van der Waals surface area contributed by atoms with Crippen molar-refractivity contribution in [1.82, 2.24) is 9.97 Å². The maximum atomic E-state index is 11.9. The van der Waals surface area contributed by atoms with Crippen molar-refractivity contribution in [2.75, 3.05) is 64.0 Å². The zero-order valence-electron chi connectivity index (χ0n) is 19.9. The molecular weight excluding hydrogens is 483 g/mol. The number of benzene rings is 2. The standard InChI is InChI=1S/C26H29FN4O2S2/c1-31(2)22-9-5-20(6-10-22)24-18-35-26(30-24)25-29-23(17-34-25)19-3-7-21(8-4-19)28-12-14-33-16-15-32-13-11-27/h3-10,17-18,28H,11-16H2,1-2H3. The van der Waals surface area contributed by atoms with Gasteiger partial charge in [0.05, 0.1) is 37.8 Å². The molecule has 0 radical (unpaired) electrons. The number of nitrogens with zero attached hydrogens (tertiary/aromatic N) is 3. The SMILES string of the molecule is CN(C)c1ccc(-c2csc(-c3nc(-c4ccc(NCCOCCOCCF)cc4)cs3)n2)cc1. The lowest BCUT2D eigenvalue weighted by molar-refractivity contribution is 0.0464. The molecule has 2 heterocycles. The van der Waals surface area contributed by atoms with Crippen LogP contribution < -0.4 is 10.2 Å². The van der Waals surface area contributed by atoms with Gasteiger partial charge in [-0.25, -0.2) is 14.4 Å². The molecule has 184 valence electrons. The summed E-state index contributed by atoms with van der Waals surface area (Å²) in [6.45, 7) is 1.80. The van der Waals surface area contributed by atoms with Gasteiger partial charge in [0, 0.05) is 53.9 Å². The van der Waals surface area contributed by atoms with Gasteiger partial charge in [-0.2, -0.15) is 0 Å². The van der Waals surface area contributed by atoms with E-state index in [4.69, 9.17) is 19.4 Å². The summed E-state index contributed by atoms with van der Waals surface area (Å²) in [7, 11) is 4.07. The molecule has 9 heteroatoms. The third kappa shape index (κ3) is 7.08. The molecule has 0 aliphatic carbocycles. The van der Waals surface area contributed by atoms with Crippen molar-refractivity contribution in [3.63, 3.8) is 0 Å². The van der Waals surface area contributed by atoms with Gasteiger partial charge in [0.1, 0.15) is 6.67 Å². The fourth-order valence-corrected chi connectivity index (χ4v) is 5.05. The number of hydrogen-bond acceptors (Lipinski definition) is 8. The summed E-state index contributed by atoms with van der Waals surface area (Å²) in [5.41, 5.74) is 6.27. The van der Waals surface area contributed by atoms with Crippen LogP contribution in [0.3, 0.4) is 0 Å². The van der Waals surface area contributed by atoms with Gasteiger partial charge in [-0.1, -0.05) is 24.3 Å². The molecule has 0 fully saturated rings. The third-order valence-corrected chi connectivity index (χ3v) is 7.05. The minimum atomic E-state index is -0.460. The van der Waals surface area contributed by atoms with Crippen molar-refractivity contribution in [3.8, 4) is 32.5 Å². The number of halogens is 1. The summed E-state index contributed by atoms with van der Waals surface area (Å²) in [6.07, 6.45) is 0. The second-order valence-corrected chi connectivity index (χ2v) is 9.65. The Morgan fingerprint density at radius 3 is 1.86 bits per heavy atom. The van der Waals surface area contributed by atoms with Gasteiger partial charge in [0.15, 0.2) is 10.0 Å². The van der Waals surface area contributed by atoms with Crippen LogP contribution >= 0.6 is 22.7 Å². The fourth-order valence-electron chi connectivity index (χ4n) is 3.34. The molecule has 0 unspecified atom stereocenters. The molecule has 4 aromatic rings. The lowest BCUT2D eigenvalue weighted by Crippen LogP contribution is -2.12. The van der Waals surface area contributed by atoms with Crippen LogP contribution in [0.2, 0.25) is 0 Å². The molecule has 1 N–H and O–H groups in total. The fraction of sp³-hybridized carbons (Fsp3) is 0.308. The highest BCUT2D eigenvalue weighted by Crippen LogP contribution is 2.34. The first-order chi connectivity index (χ1) is 17.1. The summed E-state index contributed by atoms with van der Waals surface area (Å²) >= 11 is 3.23. The number of anilines is 2. The third-order valence-electron chi connectivity index (χ3n) is 5.22. The van der Waals surface area contributed by atoms with Gasteiger partial charge in [-0.05, 0) is 24.3 Å².